The van der Waals surface area contributed by atoms with Crippen LogP contribution in [0.15, 0.2) is 12.1 Å². The summed E-state index contributed by atoms with van der Waals surface area (Å²) in [4.78, 5) is 10.3. The van der Waals surface area contributed by atoms with E-state index < -0.39 is 0 Å². The third kappa shape index (κ3) is 1.84. The molecule has 2 nitrogen and oxygen atoms in total. The maximum absolute atomic E-state index is 10.3. The fourth-order valence-corrected chi connectivity index (χ4v) is 1.73. The molecule has 1 aromatic rings. The summed E-state index contributed by atoms with van der Waals surface area (Å²) in [6.45, 7) is 0. The van der Waals surface area contributed by atoms with Gasteiger partial charge in [-0.2, -0.15) is 0 Å². The van der Waals surface area contributed by atoms with Crippen LogP contribution in [-0.4, -0.2) is 11.4 Å². The van der Waals surface area contributed by atoms with Gasteiger partial charge in [0.2, 0.25) is 0 Å². The number of hydrogen-bond donors (Lipinski definition) is 1. The minimum Gasteiger partial charge on any atom is -0.506 e. The molecular weight excluding hydrogens is 278 g/mol. The van der Waals surface area contributed by atoms with Gasteiger partial charge in [0.1, 0.15) is 5.75 Å². The van der Waals surface area contributed by atoms with Crippen molar-refractivity contribution in [3.05, 3.63) is 26.3 Å². The van der Waals surface area contributed by atoms with Gasteiger partial charge in [-0.25, -0.2) is 0 Å². The maximum Gasteiger partial charge on any atom is 0.153 e. The van der Waals surface area contributed by atoms with Crippen LogP contribution in [0.1, 0.15) is 10.4 Å². The SMILES string of the molecule is O=Cc1cc(Cl)cc(I)c1O. The molecule has 1 aromatic carbocycles. The summed E-state index contributed by atoms with van der Waals surface area (Å²) in [6.07, 6.45) is 0.573. The van der Waals surface area contributed by atoms with Gasteiger partial charge in [0, 0.05) is 5.02 Å². The third-order valence-corrected chi connectivity index (χ3v) is 2.23. The van der Waals surface area contributed by atoms with Crippen LogP contribution in [0.2, 0.25) is 5.02 Å². The van der Waals surface area contributed by atoms with Gasteiger partial charge in [-0.1, -0.05) is 11.6 Å². The van der Waals surface area contributed by atoms with Crippen LogP contribution in [0.25, 0.3) is 0 Å². The second-order valence-corrected chi connectivity index (χ2v) is 3.54. The van der Waals surface area contributed by atoms with E-state index in [0.717, 1.165) is 0 Å². The van der Waals surface area contributed by atoms with Crippen molar-refractivity contribution in [2.75, 3.05) is 0 Å². The number of carbonyl (C=O) groups excluding carboxylic acids is 1. The van der Waals surface area contributed by atoms with E-state index in [1.54, 1.807) is 6.07 Å². The fourth-order valence-electron chi connectivity index (χ4n) is 0.676. The number of phenols is 1. The number of aromatic hydroxyl groups is 1. The third-order valence-electron chi connectivity index (χ3n) is 1.18. The molecule has 0 radical (unpaired) electrons. The van der Waals surface area contributed by atoms with Crippen molar-refractivity contribution in [3.63, 3.8) is 0 Å². The van der Waals surface area contributed by atoms with Crippen LogP contribution < -0.4 is 0 Å². The summed E-state index contributed by atoms with van der Waals surface area (Å²) in [6, 6.07) is 3.01. The highest BCUT2D eigenvalue weighted by molar-refractivity contribution is 14.1. The lowest BCUT2D eigenvalue weighted by Gasteiger charge is -1.99. The van der Waals surface area contributed by atoms with Crippen LogP contribution in [-0.2, 0) is 0 Å². The highest BCUT2D eigenvalue weighted by Crippen LogP contribution is 2.26. The van der Waals surface area contributed by atoms with E-state index in [-0.39, 0.29) is 11.3 Å². The number of hydrogen-bond acceptors (Lipinski definition) is 2. The first-order valence-corrected chi connectivity index (χ1v) is 4.24. The molecule has 1 rings (SSSR count). The van der Waals surface area contributed by atoms with Gasteiger partial charge < -0.3 is 5.11 Å². The van der Waals surface area contributed by atoms with Gasteiger partial charge in [-0.15, -0.1) is 0 Å². The lowest BCUT2D eigenvalue weighted by molar-refractivity contribution is 0.112. The Labute approximate surface area is 82.3 Å². The normalized spacial score (nSPS) is 9.64. The topological polar surface area (TPSA) is 37.3 Å². The van der Waals surface area contributed by atoms with Crippen molar-refractivity contribution < 1.29 is 9.90 Å². The summed E-state index contributed by atoms with van der Waals surface area (Å²) in [5, 5.41) is 9.68. The van der Waals surface area contributed by atoms with E-state index in [1.807, 2.05) is 22.6 Å². The Hall–Kier alpha value is -0.290. The lowest BCUT2D eigenvalue weighted by atomic mass is 10.2. The first-order chi connectivity index (χ1) is 5.15. The predicted molar refractivity (Wildman–Crippen MR) is 51.2 cm³/mol. The Kier molecular flexibility index (Phi) is 2.72. The zero-order chi connectivity index (χ0) is 8.43. The molecule has 0 aromatic heterocycles. The van der Waals surface area contributed by atoms with Gasteiger partial charge in [0.05, 0.1) is 9.13 Å². The molecule has 0 saturated heterocycles. The molecule has 0 aliphatic carbocycles. The van der Waals surface area contributed by atoms with Crippen LogP contribution in [0, 0.1) is 3.57 Å². The first-order valence-electron chi connectivity index (χ1n) is 2.78. The van der Waals surface area contributed by atoms with Crippen molar-refractivity contribution in [2.24, 2.45) is 0 Å². The van der Waals surface area contributed by atoms with Gasteiger partial charge >= 0.3 is 0 Å². The predicted octanol–water partition coefficient (Wildman–Crippen LogP) is 2.46. The zero-order valence-electron chi connectivity index (χ0n) is 5.34. The molecule has 0 heterocycles. The van der Waals surface area contributed by atoms with E-state index in [4.69, 9.17) is 11.6 Å². The van der Waals surface area contributed by atoms with E-state index >= 15 is 0 Å². The molecule has 1 N–H and O–H groups in total. The van der Waals surface area contributed by atoms with Gasteiger partial charge in [-0.3, -0.25) is 4.79 Å². The molecule has 4 heteroatoms. The number of aldehydes is 1. The molecule has 0 aliphatic rings. The number of rotatable bonds is 1. The largest absolute Gasteiger partial charge is 0.506 e. The second-order valence-electron chi connectivity index (χ2n) is 1.94. The minimum atomic E-state index is -0.00926. The molecule has 11 heavy (non-hydrogen) atoms. The van der Waals surface area contributed by atoms with Crippen molar-refractivity contribution >= 4 is 40.5 Å². The van der Waals surface area contributed by atoms with Crippen molar-refractivity contribution in [1.29, 1.82) is 0 Å². The average molecular weight is 282 g/mol. The molecule has 0 saturated carbocycles. The monoisotopic (exact) mass is 282 g/mol. The molecule has 0 atom stereocenters. The highest BCUT2D eigenvalue weighted by Gasteiger charge is 2.05. The fraction of sp³-hybridized carbons (Fsp3) is 0. The standard InChI is InChI=1S/C7H4ClIO2/c8-5-1-4(3-10)7(11)6(9)2-5/h1-3,11H. The lowest BCUT2D eigenvalue weighted by Crippen LogP contribution is -1.84. The Morgan fingerprint density at radius 1 is 1.55 bits per heavy atom. The number of carbonyl (C=O) groups is 1. The Morgan fingerprint density at radius 2 is 2.18 bits per heavy atom. The van der Waals surface area contributed by atoms with Gasteiger partial charge in [0.15, 0.2) is 6.29 Å². The number of phenolic OH excluding ortho intramolecular Hbond substituents is 1. The summed E-state index contributed by atoms with van der Waals surface area (Å²) in [5.41, 5.74) is 0.224. The summed E-state index contributed by atoms with van der Waals surface area (Å²) in [7, 11) is 0. The molecule has 0 unspecified atom stereocenters. The van der Waals surface area contributed by atoms with Crippen LogP contribution in [0.4, 0.5) is 0 Å². The first kappa shape index (κ1) is 8.80. The molecule has 0 spiro atoms. The number of halogens is 2. The smallest absolute Gasteiger partial charge is 0.153 e. The van der Waals surface area contributed by atoms with Crippen LogP contribution >= 0.6 is 34.2 Å². The highest BCUT2D eigenvalue weighted by atomic mass is 127. The molecule has 58 valence electrons. The van der Waals surface area contributed by atoms with E-state index in [0.29, 0.717) is 14.9 Å². The van der Waals surface area contributed by atoms with Gasteiger partial charge in [-0.05, 0) is 34.7 Å². The summed E-state index contributed by atoms with van der Waals surface area (Å²) >= 11 is 7.53. The van der Waals surface area contributed by atoms with E-state index in [1.165, 1.54) is 6.07 Å². The second kappa shape index (κ2) is 3.40. The van der Waals surface area contributed by atoms with Crippen molar-refractivity contribution in [1.82, 2.24) is 0 Å². The van der Waals surface area contributed by atoms with Crippen molar-refractivity contribution in [2.45, 2.75) is 0 Å². The van der Waals surface area contributed by atoms with Crippen LogP contribution in [0.3, 0.4) is 0 Å². The number of benzene rings is 1. The molecule has 0 amide bonds. The Morgan fingerprint density at radius 3 is 2.73 bits per heavy atom. The quantitative estimate of drug-likeness (QED) is 0.634. The molecule has 0 aliphatic heterocycles. The average Bonchev–Trinajstić information content (AvgIpc) is 1.96. The minimum absolute atomic E-state index is 0.00926. The van der Waals surface area contributed by atoms with Crippen LogP contribution in [0.5, 0.6) is 5.75 Å². The molecular formula is C7H4ClIO2. The molecule has 0 fully saturated rings. The Balaban J connectivity index is 3.35. The van der Waals surface area contributed by atoms with Gasteiger partial charge in [0.25, 0.3) is 0 Å². The maximum atomic E-state index is 10.3. The summed E-state index contributed by atoms with van der Waals surface area (Å²) in [5.74, 6) is -0.00926. The molecule has 0 bridgehead atoms. The van der Waals surface area contributed by atoms with E-state index in [9.17, 15) is 9.90 Å². The van der Waals surface area contributed by atoms with E-state index in [2.05, 4.69) is 0 Å². The summed E-state index contributed by atoms with van der Waals surface area (Å²) < 4.78 is 0.581. The zero-order valence-corrected chi connectivity index (χ0v) is 8.26. The van der Waals surface area contributed by atoms with Crippen molar-refractivity contribution in [3.8, 4) is 5.75 Å². The Bertz CT molecular complexity index is 299.